The Kier molecular flexibility index (Phi) is 7.13. The van der Waals surface area contributed by atoms with Crippen molar-refractivity contribution in [1.29, 1.82) is 0 Å². The van der Waals surface area contributed by atoms with E-state index in [1.165, 1.54) is 12.4 Å². The molecule has 0 aliphatic heterocycles. The molecule has 0 saturated carbocycles. The number of aromatic nitrogens is 3. The van der Waals surface area contributed by atoms with Crippen molar-refractivity contribution in [2.24, 2.45) is 0 Å². The molecule has 0 bridgehead atoms. The molecule has 2 N–H and O–H groups in total. The van der Waals surface area contributed by atoms with Gasteiger partial charge in [0.25, 0.3) is 11.8 Å². The highest BCUT2D eigenvalue weighted by molar-refractivity contribution is 6.30. The van der Waals surface area contributed by atoms with E-state index in [2.05, 4.69) is 21.9 Å². The van der Waals surface area contributed by atoms with Crippen molar-refractivity contribution in [3.05, 3.63) is 53.6 Å². The number of pyridine rings is 1. The lowest BCUT2D eigenvalue weighted by Gasteiger charge is -2.09. The lowest BCUT2D eigenvalue weighted by atomic mass is 10.1. The Hall–Kier alpha value is -3.26. The van der Waals surface area contributed by atoms with Gasteiger partial charge in [0, 0.05) is 18.2 Å². The Labute approximate surface area is 178 Å². The summed E-state index contributed by atoms with van der Waals surface area (Å²) in [6.45, 7) is 2.05. The van der Waals surface area contributed by atoms with Crippen molar-refractivity contribution in [3.8, 4) is 28.8 Å². The number of nitrogens with zero attached hydrogens (tertiary/aromatic N) is 3. The molecule has 9 heteroatoms. The van der Waals surface area contributed by atoms with Gasteiger partial charge in [-0.05, 0) is 36.8 Å². The van der Waals surface area contributed by atoms with Gasteiger partial charge in [0.05, 0.1) is 16.9 Å². The zero-order valence-electron chi connectivity index (χ0n) is 16.3. The molecule has 0 saturated heterocycles. The minimum atomic E-state index is -0.665. The largest absolute Gasteiger partial charge is 0.436 e. The van der Waals surface area contributed by atoms with Crippen LogP contribution in [0, 0.1) is 5.82 Å². The van der Waals surface area contributed by atoms with E-state index in [1.54, 1.807) is 24.3 Å². The fraction of sp³-hybridized carbons (Fsp3) is 0.238. The van der Waals surface area contributed by atoms with Gasteiger partial charge in [0.2, 0.25) is 0 Å². The molecule has 0 aliphatic rings. The second kappa shape index (κ2) is 9.98. The number of nitrogen functional groups attached to an aromatic ring is 1. The fourth-order valence-corrected chi connectivity index (χ4v) is 2.70. The van der Waals surface area contributed by atoms with Gasteiger partial charge in [0.1, 0.15) is 5.75 Å². The first-order valence-corrected chi connectivity index (χ1v) is 9.76. The van der Waals surface area contributed by atoms with Gasteiger partial charge in [-0.15, -0.1) is 0 Å². The number of carbonyl (C=O) groups excluding carboxylic acids is 1. The Morgan fingerprint density at radius 2 is 1.90 bits per heavy atom. The zero-order valence-corrected chi connectivity index (χ0v) is 17.0. The molecular weight excluding hydrogens is 411 g/mol. The molecule has 0 amide bonds. The van der Waals surface area contributed by atoms with Crippen LogP contribution >= 0.6 is 11.6 Å². The van der Waals surface area contributed by atoms with E-state index < -0.39 is 11.8 Å². The van der Waals surface area contributed by atoms with Crippen LogP contribution in [0.1, 0.15) is 32.6 Å². The van der Waals surface area contributed by atoms with Gasteiger partial charge in [-0.25, -0.2) is 19.3 Å². The molecule has 0 atom stereocenters. The van der Waals surface area contributed by atoms with Crippen LogP contribution in [0.3, 0.4) is 0 Å². The second-order valence-electron chi connectivity index (χ2n) is 6.44. The molecule has 0 unspecified atom stereocenters. The van der Waals surface area contributed by atoms with Gasteiger partial charge >= 0.3 is 5.97 Å². The number of hydrogen-bond donors (Lipinski definition) is 1. The molecule has 2 heterocycles. The van der Waals surface area contributed by atoms with E-state index in [1.807, 2.05) is 0 Å². The number of esters is 1. The highest BCUT2D eigenvalue weighted by Gasteiger charge is 2.13. The minimum absolute atomic E-state index is 0.0261. The van der Waals surface area contributed by atoms with Crippen molar-refractivity contribution in [1.82, 2.24) is 15.0 Å². The lowest BCUT2D eigenvalue weighted by Crippen LogP contribution is -2.11. The van der Waals surface area contributed by atoms with Gasteiger partial charge in [-0.1, -0.05) is 31.4 Å². The predicted octanol–water partition coefficient (Wildman–Crippen LogP) is 5.19. The van der Waals surface area contributed by atoms with Crippen molar-refractivity contribution < 1.29 is 18.7 Å². The fourth-order valence-electron chi connectivity index (χ4n) is 2.56. The van der Waals surface area contributed by atoms with Crippen molar-refractivity contribution in [2.75, 3.05) is 5.73 Å². The summed E-state index contributed by atoms with van der Waals surface area (Å²) >= 11 is 5.68. The van der Waals surface area contributed by atoms with E-state index in [-0.39, 0.29) is 22.6 Å². The first-order valence-electron chi connectivity index (χ1n) is 9.38. The van der Waals surface area contributed by atoms with Crippen LogP contribution in [0.5, 0.6) is 17.5 Å². The summed E-state index contributed by atoms with van der Waals surface area (Å²) in [4.78, 5) is 24.1. The average Bonchev–Trinajstić information content (AvgIpc) is 2.72. The van der Waals surface area contributed by atoms with Crippen LogP contribution in [0.15, 0.2) is 42.7 Å². The van der Waals surface area contributed by atoms with Gasteiger partial charge in [-0.2, -0.15) is 0 Å². The Bertz CT molecular complexity index is 1030. The SMILES string of the molecule is CCCCCC(=O)Oc1nc(-c2ccc(Oc3ncc(Cl)cc3F)cc2)cnc1N. The summed E-state index contributed by atoms with van der Waals surface area (Å²) in [5, 5.41) is 0.180. The molecule has 0 radical (unpaired) electrons. The average molecular weight is 431 g/mol. The van der Waals surface area contributed by atoms with E-state index in [0.29, 0.717) is 23.4 Å². The predicted molar refractivity (Wildman–Crippen MR) is 111 cm³/mol. The lowest BCUT2D eigenvalue weighted by molar-refractivity contribution is -0.134. The number of rotatable bonds is 8. The molecule has 7 nitrogen and oxygen atoms in total. The summed E-state index contributed by atoms with van der Waals surface area (Å²) in [7, 11) is 0. The maximum absolute atomic E-state index is 13.8. The third-order valence-corrected chi connectivity index (χ3v) is 4.31. The normalized spacial score (nSPS) is 10.6. The number of nitrogens with two attached hydrogens (primary N) is 1. The van der Waals surface area contributed by atoms with Gasteiger partial charge in [-0.3, -0.25) is 4.79 Å². The molecule has 0 aliphatic carbocycles. The summed E-state index contributed by atoms with van der Waals surface area (Å²) in [6.07, 6.45) is 5.75. The van der Waals surface area contributed by atoms with Crippen LogP contribution < -0.4 is 15.2 Å². The number of hydrogen-bond acceptors (Lipinski definition) is 7. The van der Waals surface area contributed by atoms with Crippen LogP contribution in [-0.4, -0.2) is 20.9 Å². The Morgan fingerprint density at radius 1 is 1.13 bits per heavy atom. The monoisotopic (exact) mass is 430 g/mol. The highest BCUT2D eigenvalue weighted by Crippen LogP contribution is 2.28. The summed E-state index contributed by atoms with van der Waals surface area (Å²) in [5.74, 6) is -0.868. The molecule has 3 aromatic rings. The van der Waals surface area contributed by atoms with E-state index >= 15 is 0 Å². The van der Waals surface area contributed by atoms with Crippen molar-refractivity contribution in [2.45, 2.75) is 32.6 Å². The topological polar surface area (TPSA) is 100 Å². The van der Waals surface area contributed by atoms with Gasteiger partial charge < -0.3 is 15.2 Å². The molecule has 0 spiro atoms. The highest BCUT2D eigenvalue weighted by atomic mass is 35.5. The maximum Gasteiger partial charge on any atom is 0.312 e. The molecule has 2 aromatic heterocycles. The Morgan fingerprint density at radius 3 is 2.60 bits per heavy atom. The standard InChI is InChI=1S/C21H20ClFN4O3/c1-2-3-4-5-18(28)30-21-19(24)25-12-17(27-21)13-6-8-15(9-7-13)29-20-16(23)10-14(22)11-26-20/h6-12H,2-5H2,1H3,(H2,24,25). The van der Waals surface area contributed by atoms with Crippen LogP contribution in [-0.2, 0) is 4.79 Å². The maximum atomic E-state index is 13.8. The zero-order chi connectivity index (χ0) is 21.5. The van der Waals surface area contributed by atoms with Gasteiger partial charge in [0.15, 0.2) is 11.6 Å². The molecule has 156 valence electrons. The summed E-state index contributed by atoms with van der Waals surface area (Å²) < 4.78 is 24.5. The third kappa shape index (κ3) is 5.64. The van der Waals surface area contributed by atoms with Crippen molar-refractivity contribution >= 4 is 23.4 Å². The summed E-state index contributed by atoms with van der Waals surface area (Å²) in [5.41, 5.74) is 6.93. The molecule has 3 rings (SSSR count). The first-order chi connectivity index (χ1) is 14.5. The number of ether oxygens (including phenoxy) is 2. The number of carbonyl (C=O) groups is 1. The summed E-state index contributed by atoms with van der Waals surface area (Å²) in [6, 6.07) is 7.78. The van der Waals surface area contributed by atoms with Crippen molar-refractivity contribution in [3.63, 3.8) is 0 Å². The van der Waals surface area contributed by atoms with E-state index in [4.69, 9.17) is 26.8 Å². The Balaban J connectivity index is 1.72. The van der Waals surface area contributed by atoms with Crippen LogP contribution in [0.25, 0.3) is 11.3 Å². The van der Waals surface area contributed by atoms with E-state index in [0.717, 1.165) is 25.3 Å². The number of anilines is 1. The smallest absolute Gasteiger partial charge is 0.312 e. The van der Waals surface area contributed by atoms with Crippen LogP contribution in [0.2, 0.25) is 5.02 Å². The molecular formula is C21H20ClFN4O3. The minimum Gasteiger partial charge on any atom is -0.436 e. The number of benzene rings is 1. The van der Waals surface area contributed by atoms with Crippen LogP contribution in [0.4, 0.5) is 10.2 Å². The molecule has 30 heavy (non-hydrogen) atoms. The number of halogens is 2. The van der Waals surface area contributed by atoms with E-state index in [9.17, 15) is 9.18 Å². The second-order valence-corrected chi connectivity index (χ2v) is 6.88. The molecule has 0 fully saturated rings. The third-order valence-electron chi connectivity index (χ3n) is 4.10. The quantitative estimate of drug-likeness (QED) is 0.387. The molecule has 1 aromatic carbocycles. The number of unbranched alkanes of at least 4 members (excludes halogenated alkanes) is 2. The first kappa shape index (κ1) is 21.4.